The lowest BCUT2D eigenvalue weighted by Gasteiger charge is -2.31. The van der Waals surface area contributed by atoms with Crippen LogP contribution in [0.3, 0.4) is 0 Å². The van der Waals surface area contributed by atoms with E-state index in [0.29, 0.717) is 11.5 Å². The van der Waals surface area contributed by atoms with Crippen LogP contribution in [0, 0.1) is 5.92 Å². The molecule has 0 spiro atoms. The van der Waals surface area contributed by atoms with E-state index in [4.69, 9.17) is 5.73 Å². The number of phenolic OH excluding ortho intramolecular Hbond substituents is 2. The summed E-state index contributed by atoms with van der Waals surface area (Å²) in [6, 6.07) is 4.37. The summed E-state index contributed by atoms with van der Waals surface area (Å²) < 4.78 is 0. The molecule has 0 aromatic heterocycles. The lowest BCUT2D eigenvalue weighted by Crippen LogP contribution is -2.26. The van der Waals surface area contributed by atoms with Crippen molar-refractivity contribution in [2.24, 2.45) is 11.7 Å². The number of rotatable bonds is 2. The Morgan fingerprint density at radius 1 is 1.27 bits per heavy atom. The number of hydrogen-bond acceptors (Lipinski definition) is 3. The largest absolute Gasteiger partial charge is 0.508 e. The molecule has 3 nitrogen and oxygen atoms in total. The van der Waals surface area contributed by atoms with Crippen LogP contribution in [0.2, 0.25) is 0 Å². The second kappa shape index (κ2) is 4.73. The average Bonchev–Trinajstić information content (AvgIpc) is 2.06. The summed E-state index contributed by atoms with van der Waals surface area (Å²) in [5.74, 6) is 0.803. The minimum Gasteiger partial charge on any atom is -0.508 e. The SMILES string of the molecule is Cl.N[C@@H](c1cc(O)ccc1O)C1CCC1. The number of halogens is 1. The van der Waals surface area contributed by atoms with Gasteiger partial charge in [0.2, 0.25) is 0 Å². The summed E-state index contributed by atoms with van der Waals surface area (Å²) in [5.41, 5.74) is 6.66. The number of phenols is 2. The molecular formula is C11H16ClNO2. The van der Waals surface area contributed by atoms with Gasteiger partial charge in [-0.05, 0) is 37.0 Å². The molecular weight excluding hydrogens is 214 g/mol. The van der Waals surface area contributed by atoms with Gasteiger partial charge in [0.25, 0.3) is 0 Å². The zero-order chi connectivity index (χ0) is 10.1. The van der Waals surface area contributed by atoms with Crippen molar-refractivity contribution in [1.29, 1.82) is 0 Å². The number of hydrogen-bond donors (Lipinski definition) is 3. The summed E-state index contributed by atoms with van der Waals surface area (Å²) in [5, 5.41) is 18.9. The van der Waals surface area contributed by atoms with Crippen LogP contribution in [0.4, 0.5) is 0 Å². The van der Waals surface area contributed by atoms with Crippen LogP contribution in [-0.2, 0) is 0 Å². The Morgan fingerprint density at radius 3 is 2.47 bits per heavy atom. The van der Waals surface area contributed by atoms with Crippen molar-refractivity contribution in [3.05, 3.63) is 23.8 Å². The monoisotopic (exact) mass is 229 g/mol. The van der Waals surface area contributed by atoms with Gasteiger partial charge in [-0.2, -0.15) is 0 Å². The van der Waals surface area contributed by atoms with Gasteiger partial charge >= 0.3 is 0 Å². The molecule has 2 rings (SSSR count). The van der Waals surface area contributed by atoms with Crippen LogP contribution in [-0.4, -0.2) is 10.2 Å². The molecule has 1 aromatic carbocycles. The summed E-state index contributed by atoms with van der Waals surface area (Å²) in [6.07, 6.45) is 3.46. The molecule has 0 unspecified atom stereocenters. The fraction of sp³-hybridized carbons (Fsp3) is 0.455. The van der Waals surface area contributed by atoms with Crippen molar-refractivity contribution in [2.45, 2.75) is 25.3 Å². The maximum absolute atomic E-state index is 9.58. The highest BCUT2D eigenvalue weighted by Crippen LogP contribution is 2.39. The highest BCUT2D eigenvalue weighted by molar-refractivity contribution is 5.85. The third-order valence-corrected chi connectivity index (χ3v) is 3.03. The van der Waals surface area contributed by atoms with E-state index in [-0.39, 0.29) is 29.9 Å². The van der Waals surface area contributed by atoms with Crippen molar-refractivity contribution in [3.8, 4) is 11.5 Å². The third-order valence-electron chi connectivity index (χ3n) is 3.03. The van der Waals surface area contributed by atoms with Gasteiger partial charge in [-0.3, -0.25) is 0 Å². The number of nitrogens with two attached hydrogens (primary N) is 1. The summed E-state index contributed by atoms with van der Waals surface area (Å²) in [4.78, 5) is 0. The van der Waals surface area contributed by atoms with E-state index < -0.39 is 0 Å². The van der Waals surface area contributed by atoms with E-state index in [9.17, 15) is 10.2 Å². The summed E-state index contributed by atoms with van der Waals surface area (Å²) in [7, 11) is 0. The Bertz CT molecular complexity index is 339. The Morgan fingerprint density at radius 2 is 1.93 bits per heavy atom. The van der Waals surface area contributed by atoms with Crippen molar-refractivity contribution >= 4 is 12.4 Å². The van der Waals surface area contributed by atoms with Crippen molar-refractivity contribution in [1.82, 2.24) is 0 Å². The Balaban J connectivity index is 0.00000112. The molecule has 1 aromatic rings. The normalized spacial score (nSPS) is 17.7. The van der Waals surface area contributed by atoms with Crippen LogP contribution in [0.1, 0.15) is 30.9 Å². The van der Waals surface area contributed by atoms with Crippen LogP contribution >= 0.6 is 12.4 Å². The zero-order valence-corrected chi connectivity index (χ0v) is 9.20. The van der Waals surface area contributed by atoms with Gasteiger partial charge in [-0.15, -0.1) is 12.4 Å². The molecule has 1 aliphatic carbocycles. The van der Waals surface area contributed by atoms with E-state index in [1.54, 1.807) is 6.07 Å². The quantitative estimate of drug-likeness (QED) is 0.682. The van der Waals surface area contributed by atoms with Crippen LogP contribution < -0.4 is 5.73 Å². The van der Waals surface area contributed by atoms with Gasteiger partial charge in [-0.25, -0.2) is 0 Å². The topological polar surface area (TPSA) is 66.5 Å². The van der Waals surface area contributed by atoms with Gasteiger partial charge in [-0.1, -0.05) is 6.42 Å². The number of benzene rings is 1. The number of aromatic hydroxyl groups is 2. The van der Waals surface area contributed by atoms with Gasteiger partial charge in [0.05, 0.1) is 0 Å². The lowest BCUT2D eigenvalue weighted by molar-refractivity contribution is 0.260. The van der Waals surface area contributed by atoms with E-state index >= 15 is 0 Å². The van der Waals surface area contributed by atoms with Crippen molar-refractivity contribution in [2.75, 3.05) is 0 Å². The molecule has 4 N–H and O–H groups in total. The molecule has 0 saturated heterocycles. The molecule has 15 heavy (non-hydrogen) atoms. The molecule has 1 fully saturated rings. The average molecular weight is 230 g/mol. The fourth-order valence-electron chi connectivity index (χ4n) is 1.86. The van der Waals surface area contributed by atoms with E-state index in [0.717, 1.165) is 12.8 Å². The Kier molecular flexibility index (Phi) is 3.83. The second-order valence-electron chi connectivity index (χ2n) is 3.96. The molecule has 84 valence electrons. The minimum atomic E-state index is -0.143. The standard InChI is InChI=1S/C11H15NO2.ClH/c12-11(7-2-1-3-7)9-6-8(13)4-5-10(9)14;/h4-7,11,13-14H,1-3,12H2;1H/t11-;/m1./s1. The van der Waals surface area contributed by atoms with Gasteiger partial charge < -0.3 is 15.9 Å². The first-order valence-corrected chi connectivity index (χ1v) is 4.96. The molecule has 1 saturated carbocycles. The van der Waals surface area contributed by atoms with Crippen molar-refractivity contribution < 1.29 is 10.2 Å². The van der Waals surface area contributed by atoms with Crippen molar-refractivity contribution in [3.63, 3.8) is 0 Å². The molecule has 1 aliphatic rings. The molecule has 0 aliphatic heterocycles. The first kappa shape index (κ1) is 12.1. The van der Waals surface area contributed by atoms with E-state index in [1.165, 1.54) is 18.6 Å². The van der Waals surface area contributed by atoms with Crippen LogP contribution in [0.15, 0.2) is 18.2 Å². The molecule has 1 atom stereocenters. The molecule has 0 heterocycles. The highest BCUT2D eigenvalue weighted by Gasteiger charge is 2.27. The predicted molar refractivity (Wildman–Crippen MR) is 61.3 cm³/mol. The van der Waals surface area contributed by atoms with Crippen LogP contribution in [0.25, 0.3) is 0 Å². The zero-order valence-electron chi connectivity index (χ0n) is 8.39. The maximum atomic E-state index is 9.58. The van der Waals surface area contributed by atoms with E-state index in [1.807, 2.05) is 0 Å². The molecule has 0 amide bonds. The second-order valence-corrected chi connectivity index (χ2v) is 3.96. The molecule has 4 heteroatoms. The Hall–Kier alpha value is -0.930. The first-order valence-electron chi connectivity index (χ1n) is 4.96. The van der Waals surface area contributed by atoms with Gasteiger partial charge in [0.1, 0.15) is 11.5 Å². The summed E-state index contributed by atoms with van der Waals surface area (Å²) in [6.45, 7) is 0. The third kappa shape index (κ3) is 2.36. The first-order chi connectivity index (χ1) is 6.68. The summed E-state index contributed by atoms with van der Waals surface area (Å²) >= 11 is 0. The highest BCUT2D eigenvalue weighted by atomic mass is 35.5. The van der Waals surface area contributed by atoms with Gasteiger partial charge in [0, 0.05) is 11.6 Å². The smallest absolute Gasteiger partial charge is 0.120 e. The maximum Gasteiger partial charge on any atom is 0.120 e. The lowest BCUT2D eigenvalue weighted by atomic mass is 9.77. The molecule has 0 bridgehead atoms. The minimum absolute atomic E-state index is 0. The van der Waals surface area contributed by atoms with Gasteiger partial charge in [0.15, 0.2) is 0 Å². The van der Waals surface area contributed by atoms with Crippen LogP contribution in [0.5, 0.6) is 11.5 Å². The van der Waals surface area contributed by atoms with E-state index in [2.05, 4.69) is 0 Å². The fourth-order valence-corrected chi connectivity index (χ4v) is 1.86. The predicted octanol–water partition coefficient (Wildman–Crippen LogP) is 2.32. The molecule has 0 radical (unpaired) electrons. The Labute approximate surface area is 95.3 Å².